The Labute approximate surface area is 208 Å². The second-order valence-electron chi connectivity index (χ2n) is 8.78. The average Bonchev–Trinajstić information content (AvgIpc) is 3.21. The van der Waals surface area contributed by atoms with E-state index in [9.17, 15) is 19.2 Å². The van der Waals surface area contributed by atoms with E-state index in [-0.39, 0.29) is 37.4 Å². The van der Waals surface area contributed by atoms with Crippen LogP contribution in [0.3, 0.4) is 0 Å². The number of piperazine rings is 1. The molecule has 2 saturated heterocycles. The van der Waals surface area contributed by atoms with Crippen LogP contribution in [0.15, 0.2) is 48.5 Å². The molecule has 2 aromatic carbocycles. The number of nitrogens with zero attached hydrogens (tertiary/aromatic N) is 3. The minimum atomic E-state index is -0.714. The van der Waals surface area contributed by atoms with E-state index in [2.05, 4.69) is 0 Å². The van der Waals surface area contributed by atoms with E-state index in [1.165, 1.54) is 4.90 Å². The van der Waals surface area contributed by atoms with Gasteiger partial charge in [-0.3, -0.25) is 19.3 Å². The number of amides is 3. The lowest BCUT2D eigenvalue weighted by Gasteiger charge is -2.38. The first-order valence-corrected chi connectivity index (χ1v) is 12.0. The minimum Gasteiger partial charge on any atom is -0.485 e. The van der Waals surface area contributed by atoms with Crippen LogP contribution >= 0.6 is 0 Å². The lowest BCUT2D eigenvalue weighted by Crippen LogP contribution is -2.57. The summed E-state index contributed by atoms with van der Waals surface area (Å²) in [4.78, 5) is 55.6. The fourth-order valence-corrected chi connectivity index (χ4v) is 4.73. The summed E-state index contributed by atoms with van der Waals surface area (Å²) < 4.78 is 16.5. The molecule has 3 amide bonds. The zero-order valence-electron chi connectivity index (χ0n) is 19.9. The molecule has 0 spiro atoms. The van der Waals surface area contributed by atoms with Crippen molar-refractivity contribution in [2.24, 2.45) is 0 Å². The van der Waals surface area contributed by atoms with Gasteiger partial charge in [-0.25, -0.2) is 9.69 Å². The number of hydrogen-bond acceptors (Lipinski definition) is 8. The molecule has 3 aliphatic rings. The van der Waals surface area contributed by atoms with Crippen LogP contribution in [-0.2, 0) is 19.1 Å². The molecule has 188 valence electrons. The Morgan fingerprint density at radius 1 is 0.972 bits per heavy atom. The first-order chi connectivity index (χ1) is 17.5. The summed E-state index contributed by atoms with van der Waals surface area (Å²) in [6, 6.07) is 12.9. The van der Waals surface area contributed by atoms with Gasteiger partial charge in [0.15, 0.2) is 11.5 Å². The van der Waals surface area contributed by atoms with Crippen LogP contribution in [0.25, 0.3) is 0 Å². The van der Waals surface area contributed by atoms with Crippen LogP contribution in [0.4, 0.5) is 5.69 Å². The number of anilines is 1. The van der Waals surface area contributed by atoms with Crippen molar-refractivity contribution in [3.63, 3.8) is 0 Å². The predicted molar refractivity (Wildman–Crippen MR) is 128 cm³/mol. The van der Waals surface area contributed by atoms with Crippen molar-refractivity contribution in [3.8, 4) is 11.5 Å². The van der Waals surface area contributed by atoms with Crippen LogP contribution in [0.5, 0.6) is 11.5 Å². The molecule has 0 radical (unpaired) electrons. The van der Waals surface area contributed by atoms with Gasteiger partial charge in [0.05, 0.1) is 30.3 Å². The first-order valence-electron chi connectivity index (χ1n) is 12.0. The summed E-state index contributed by atoms with van der Waals surface area (Å²) in [5.74, 6) is -0.0331. The summed E-state index contributed by atoms with van der Waals surface area (Å²) in [5, 5.41) is 0. The molecule has 0 aliphatic carbocycles. The zero-order valence-corrected chi connectivity index (χ0v) is 19.9. The molecule has 0 bridgehead atoms. The number of para-hydroxylation sites is 2. The Hall–Kier alpha value is -3.92. The van der Waals surface area contributed by atoms with Gasteiger partial charge in [-0.1, -0.05) is 12.1 Å². The van der Waals surface area contributed by atoms with E-state index in [1.54, 1.807) is 48.2 Å². The Kier molecular flexibility index (Phi) is 6.60. The first kappa shape index (κ1) is 23.8. The van der Waals surface area contributed by atoms with Crippen LogP contribution in [0, 0.1) is 0 Å². The Morgan fingerprint density at radius 3 is 2.36 bits per heavy atom. The Balaban J connectivity index is 1.18. The number of imide groups is 1. The van der Waals surface area contributed by atoms with Gasteiger partial charge in [0, 0.05) is 26.2 Å². The van der Waals surface area contributed by atoms with Gasteiger partial charge in [0.25, 0.3) is 11.8 Å². The molecule has 10 nitrogen and oxygen atoms in total. The maximum atomic E-state index is 13.2. The molecule has 2 aromatic rings. The maximum Gasteiger partial charge on any atom is 0.338 e. The van der Waals surface area contributed by atoms with Crippen molar-refractivity contribution in [2.75, 3.05) is 44.3 Å². The molecule has 0 aromatic heterocycles. The van der Waals surface area contributed by atoms with E-state index in [4.69, 9.17) is 14.2 Å². The summed E-state index contributed by atoms with van der Waals surface area (Å²) >= 11 is 0. The summed E-state index contributed by atoms with van der Waals surface area (Å²) in [6.45, 7) is 3.92. The minimum absolute atomic E-state index is 0.0722. The molecule has 0 N–H and O–H groups in total. The predicted octanol–water partition coefficient (Wildman–Crippen LogP) is 1.48. The summed E-state index contributed by atoms with van der Waals surface area (Å²) in [7, 11) is 0. The van der Waals surface area contributed by atoms with Gasteiger partial charge in [-0.05, 0) is 43.3 Å². The fourth-order valence-electron chi connectivity index (χ4n) is 4.73. The number of rotatable bonds is 5. The van der Waals surface area contributed by atoms with Crippen LogP contribution in [0.2, 0.25) is 0 Å². The number of hydrogen-bond donors (Lipinski definition) is 0. The van der Waals surface area contributed by atoms with Gasteiger partial charge >= 0.3 is 5.97 Å². The third-order valence-corrected chi connectivity index (χ3v) is 6.61. The number of fused-ring (bicyclic) bond motifs is 1. The van der Waals surface area contributed by atoms with Crippen molar-refractivity contribution in [1.29, 1.82) is 0 Å². The monoisotopic (exact) mass is 493 g/mol. The highest BCUT2D eigenvalue weighted by molar-refractivity contribution is 6.22. The molecule has 2 atom stereocenters. The summed E-state index contributed by atoms with van der Waals surface area (Å²) in [5.41, 5.74) is 0.775. The third-order valence-electron chi connectivity index (χ3n) is 6.61. The van der Waals surface area contributed by atoms with E-state index in [0.29, 0.717) is 48.9 Å². The molecule has 10 heteroatoms. The van der Waals surface area contributed by atoms with Crippen molar-refractivity contribution in [1.82, 2.24) is 9.80 Å². The van der Waals surface area contributed by atoms with Gasteiger partial charge in [0.1, 0.15) is 6.61 Å². The average molecular weight is 494 g/mol. The van der Waals surface area contributed by atoms with Gasteiger partial charge in [-0.15, -0.1) is 0 Å². The number of ether oxygens (including phenoxy) is 3. The summed E-state index contributed by atoms with van der Waals surface area (Å²) in [6.07, 6.45) is -0.642. The fraction of sp³-hybridized carbons (Fsp3) is 0.385. The maximum absolute atomic E-state index is 13.2. The Morgan fingerprint density at radius 2 is 1.67 bits per heavy atom. The topological polar surface area (TPSA) is 106 Å². The molecule has 0 saturated carbocycles. The van der Waals surface area contributed by atoms with Crippen molar-refractivity contribution in [3.05, 3.63) is 54.1 Å². The van der Waals surface area contributed by atoms with Crippen LogP contribution < -0.4 is 14.4 Å². The van der Waals surface area contributed by atoms with Crippen LogP contribution in [0.1, 0.15) is 23.7 Å². The highest BCUT2D eigenvalue weighted by Crippen LogP contribution is 2.32. The van der Waals surface area contributed by atoms with E-state index in [0.717, 1.165) is 0 Å². The van der Waals surface area contributed by atoms with E-state index in [1.807, 2.05) is 17.0 Å². The third kappa shape index (κ3) is 4.51. The van der Waals surface area contributed by atoms with Gasteiger partial charge in [-0.2, -0.15) is 0 Å². The number of carbonyl (C=O) groups is 4. The quantitative estimate of drug-likeness (QED) is 0.456. The van der Waals surface area contributed by atoms with E-state index >= 15 is 0 Å². The number of benzene rings is 2. The van der Waals surface area contributed by atoms with Crippen molar-refractivity contribution >= 4 is 29.4 Å². The molecular formula is C26H27N3O7. The lowest BCUT2D eigenvalue weighted by molar-refractivity contribution is -0.143. The molecular weight excluding hydrogens is 466 g/mol. The standard InChI is InChI=1S/C26H27N3O7/c1-2-34-26(33)17-7-9-18(10-8-17)29-23(30)15-19(24(29)31)27-11-13-28(14-12-27)25(32)22-16-35-20-5-3-4-6-21(20)36-22/h3-10,19,22H,2,11-16H2,1H3/t19-,22+/m0/s1. The van der Waals surface area contributed by atoms with Crippen LogP contribution in [-0.4, -0.2) is 85.0 Å². The second kappa shape index (κ2) is 9.98. The molecule has 5 rings (SSSR count). The zero-order chi connectivity index (χ0) is 25.2. The molecule has 3 aliphatic heterocycles. The largest absolute Gasteiger partial charge is 0.485 e. The smallest absolute Gasteiger partial charge is 0.338 e. The molecule has 36 heavy (non-hydrogen) atoms. The van der Waals surface area contributed by atoms with Gasteiger partial charge < -0.3 is 19.1 Å². The molecule has 2 fully saturated rings. The highest BCUT2D eigenvalue weighted by atomic mass is 16.6. The van der Waals surface area contributed by atoms with Crippen molar-refractivity contribution < 1.29 is 33.4 Å². The highest BCUT2D eigenvalue weighted by Gasteiger charge is 2.44. The normalized spacial score (nSPS) is 22.0. The lowest BCUT2D eigenvalue weighted by atomic mass is 10.1. The number of esters is 1. The molecule has 0 unspecified atom stereocenters. The second-order valence-corrected chi connectivity index (χ2v) is 8.78. The van der Waals surface area contributed by atoms with Gasteiger partial charge in [0.2, 0.25) is 12.0 Å². The Bertz CT molecular complexity index is 1170. The SMILES string of the molecule is CCOC(=O)c1ccc(N2C(=O)C[C@H](N3CCN(C(=O)[C@H]4COc5ccccc5O4)CC3)C2=O)cc1. The molecule has 3 heterocycles. The van der Waals surface area contributed by atoms with E-state index < -0.39 is 18.1 Å². The number of carbonyl (C=O) groups excluding carboxylic acids is 4. The van der Waals surface area contributed by atoms with Crippen molar-refractivity contribution in [2.45, 2.75) is 25.5 Å².